The summed E-state index contributed by atoms with van der Waals surface area (Å²) in [6.07, 6.45) is 6.96. The van der Waals surface area contributed by atoms with Crippen LogP contribution >= 0.6 is 22.6 Å². The topological polar surface area (TPSA) is 47.1 Å². The molecule has 1 aromatic heterocycles. The van der Waals surface area contributed by atoms with E-state index in [1.165, 1.54) is 25.7 Å². The molecule has 2 unspecified atom stereocenters. The van der Waals surface area contributed by atoms with E-state index in [0.29, 0.717) is 6.04 Å². The van der Waals surface area contributed by atoms with Crippen LogP contribution in [0, 0.1) is 3.57 Å². The molecule has 2 bridgehead atoms. The number of rotatable bonds is 1. The summed E-state index contributed by atoms with van der Waals surface area (Å²) in [4.78, 5) is 2.54. The van der Waals surface area contributed by atoms with Gasteiger partial charge in [-0.3, -0.25) is 0 Å². The standard InChI is InChI=1S/C11H17IN4/c1-15-7-2-3-8(15)5-9(4-7)16-11(13)10(12)6-14-16/h6-9H,2-5,13H2,1H3. The van der Waals surface area contributed by atoms with Crippen molar-refractivity contribution in [2.75, 3.05) is 12.8 Å². The van der Waals surface area contributed by atoms with Crippen molar-refractivity contribution in [3.05, 3.63) is 9.77 Å². The predicted octanol–water partition coefficient (Wildman–Crippen LogP) is 1.87. The van der Waals surface area contributed by atoms with Gasteiger partial charge in [-0.2, -0.15) is 5.10 Å². The molecule has 2 N–H and O–H groups in total. The van der Waals surface area contributed by atoms with Crippen LogP contribution in [-0.2, 0) is 0 Å². The molecule has 0 radical (unpaired) electrons. The third kappa shape index (κ3) is 1.55. The van der Waals surface area contributed by atoms with Gasteiger partial charge >= 0.3 is 0 Å². The Morgan fingerprint density at radius 1 is 1.31 bits per heavy atom. The number of anilines is 1. The number of aromatic nitrogens is 2. The summed E-state index contributed by atoms with van der Waals surface area (Å²) in [5.74, 6) is 0.842. The molecule has 2 atom stereocenters. The second-order valence-corrected chi connectivity index (χ2v) is 6.16. The minimum Gasteiger partial charge on any atom is -0.383 e. The van der Waals surface area contributed by atoms with Crippen molar-refractivity contribution >= 4 is 28.4 Å². The van der Waals surface area contributed by atoms with Crippen LogP contribution in [0.1, 0.15) is 31.7 Å². The first kappa shape index (κ1) is 10.8. The average molecular weight is 332 g/mol. The monoisotopic (exact) mass is 332 g/mol. The number of hydrogen-bond acceptors (Lipinski definition) is 3. The fraction of sp³-hybridized carbons (Fsp3) is 0.727. The summed E-state index contributed by atoms with van der Waals surface area (Å²) in [6.45, 7) is 0. The lowest BCUT2D eigenvalue weighted by molar-refractivity contribution is 0.132. The molecule has 1 aromatic rings. The second kappa shape index (κ2) is 3.87. The van der Waals surface area contributed by atoms with Gasteiger partial charge in [-0.15, -0.1) is 0 Å². The minimum absolute atomic E-state index is 0.511. The van der Waals surface area contributed by atoms with Gasteiger partial charge in [0.1, 0.15) is 5.82 Å². The Labute approximate surface area is 109 Å². The van der Waals surface area contributed by atoms with E-state index in [2.05, 4.69) is 39.6 Å². The van der Waals surface area contributed by atoms with Crippen LogP contribution in [0.4, 0.5) is 5.82 Å². The summed E-state index contributed by atoms with van der Waals surface area (Å²) in [7, 11) is 2.26. The van der Waals surface area contributed by atoms with Crippen LogP contribution in [0.25, 0.3) is 0 Å². The Kier molecular flexibility index (Phi) is 2.62. The smallest absolute Gasteiger partial charge is 0.135 e. The molecule has 0 saturated carbocycles. The molecular formula is C11H17IN4. The van der Waals surface area contributed by atoms with E-state index >= 15 is 0 Å². The van der Waals surface area contributed by atoms with Crippen molar-refractivity contribution in [1.82, 2.24) is 14.7 Å². The van der Waals surface area contributed by atoms with Crippen molar-refractivity contribution in [1.29, 1.82) is 0 Å². The first-order valence-corrected chi connectivity index (χ1v) is 6.95. The van der Waals surface area contributed by atoms with Crippen LogP contribution in [0.2, 0.25) is 0 Å². The zero-order valence-corrected chi connectivity index (χ0v) is 11.6. The van der Waals surface area contributed by atoms with E-state index in [1.54, 1.807) is 0 Å². The molecule has 2 aliphatic heterocycles. The Morgan fingerprint density at radius 3 is 2.44 bits per heavy atom. The number of hydrogen-bond donors (Lipinski definition) is 1. The van der Waals surface area contributed by atoms with E-state index in [4.69, 9.17) is 5.73 Å². The van der Waals surface area contributed by atoms with Gasteiger partial charge in [0.05, 0.1) is 15.8 Å². The number of nitrogen functional groups attached to an aromatic ring is 1. The van der Waals surface area contributed by atoms with Gasteiger partial charge in [-0.1, -0.05) is 0 Å². The van der Waals surface area contributed by atoms with Crippen LogP contribution in [0.5, 0.6) is 0 Å². The molecule has 2 fully saturated rings. The van der Waals surface area contributed by atoms with E-state index in [9.17, 15) is 0 Å². The fourth-order valence-corrected chi connectivity index (χ4v) is 3.60. The van der Waals surface area contributed by atoms with E-state index in [0.717, 1.165) is 21.5 Å². The molecule has 3 rings (SSSR count). The minimum atomic E-state index is 0.511. The van der Waals surface area contributed by atoms with Gasteiger partial charge in [0.15, 0.2) is 0 Å². The lowest BCUT2D eigenvalue weighted by atomic mass is 9.98. The summed E-state index contributed by atoms with van der Waals surface area (Å²) >= 11 is 2.25. The first-order chi connectivity index (χ1) is 7.66. The number of fused-ring (bicyclic) bond motifs is 2. The van der Waals surface area contributed by atoms with Crippen LogP contribution in [-0.4, -0.2) is 33.8 Å². The number of nitrogens with two attached hydrogens (primary N) is 1. The predicted molar refractivity (Wildman–Crippen MR) is 72.2 cm³/mol. The second-order valence-electron chi connectivity index (χ2n) is 5.00. The van der Waals surface area contributed by atoms with Gasteiger partial charge in [0.25, 0.3) is 0 Å². The maximum Gasteiger partial charge on any atom is 0.135 e. The van der Waals surface area contributed by atoms with Gasteiger partial charge < -0.3 is 10.6 Å². The quantitative estimate of drug-likeness (QED) is 0.799. The van der Waals surface area contributed by atoms with Crippen molar-refractivity contribution in [3.8, 4) is 0 Å². The largest absolute Gasteiger partial charge is 0.383 e. The molecule has 3 heterocycles. The molecule has 88 valence electrons. The van der Waals surface area contributed by atoms with Crippen LogP contribution in [0.3, 0.4) is 0 Å². The third-order valence-electron chi connectivity index (χ3n) is 4.21. The zero-order chi connectivity index (χ0) is 11.3. The molecule has 0 aliphatic carbocycles. The molecule has 0 spiro atoms. The van der Waals surface area contributed by atoms with Gasteiger partial charge in [0, 0.05) is 12.1 Å². The summed E-state index contributed by atoms with van der Waals surface area (Å²) in [5.41, 5.74) is 6.06. The van der Waals surface area contributed by atoms with Crippen molar-refractivity contribution in [2.45, 2.75) is 43.8 Å². The number of piperidine rings is 1. The number of nitrogens with zero attached hydrogens (tertiary/aromatic N) is 3. The summed E-state index contributed by atoms with van der Waals surface area (Å²) in [5, 5.41) is 4.43. The average Bonchev–Trinajstić information content (AvgIpc) is 2.68. The normalized spacial score (nSPS) is 34.5. The van der Waals surface area contributed by atoms with E-state index in [-0.39, 0.29) is 0 Å². The van der Waals surface area contributed by atoms with Crippen molar-refractivity contribution < 1.29 is 0 Å². The van der Waals surface area contributed by atoms with Crippen molar-refractivity contribution in [3.63, 3.8) is 0 Å². The Bertz CT molecular complexity index is 389. The summed E-state index contributed by atoms with van der Waals surface area (Å²) < 4.78 is 3.11. The molecule has 16 heavy (non-hydrogen) atoms. The molecular weight excluding hydrogens is 315 g/mol. The Morgan fingerprint density at radius 2 is 1.94 bits per heavy atom. The van der Waals surface area contributed by atoms with E-state index in [1.807, 2.05) is 10.9 Å². The van der Waals surface area contributed by atoms with Crippen LogP contribution in [0.15, 0.2) is 6.20 Å². The Hall–Kier alpha value is -0.300. The van der Waals surface area contributed by atoms with Crippen molar-refractivity contribution in [2.24, 2.45) is 0 Å². The highest BCUT2D eigenvalue weighted by Gasteiger charge is 2.39. The summed E-state index contributed by atoms with van der Waals surface area (Å²) in [6, 6.07) is 1.99. The molecule has 0 amide bonds. The van der Waals surface area contributed by atoms with Crippen LogP contribution < -0.4 is 5.73 Å². The van der Waals surface area contributed by atoms with Gasteiger partial charge in [-0.05, 0) is 55.3 Å². The first-order valence-electron chi connectivity index (χ1n) is 5.87. The molecule has 0 aromatic carbocycles. The van der Waals surface area contributed by atoms with E-state index < -0.39 is 0 Å². The maximum absolute atomic E-state index is 6.06. The van der Waals surface area contributed by atoms with Gasteiger partial charge in [0.2, 0.25) is 0 Å². The highest BCUT2D eigenvalue weighted by molar-refractivity contribution is 14.1. The highest BCUT2D eigenvalue weighted by atomic mass is 127. The lowest BCUT2D eigenvalue weighted by Gasteiger charge is -2.36. The zero-order valence-electron chi connectivity index (χ0n) is 9.43. The molecule has 2 saturated heterocycles. The lowest BCUT2D eigenvalue weighted by Crippen LogP contribution is -2.40. The third-order valence-corrected chi connectivity index (χ3v) is 5.04. The molecule has 5 heteroatoms. The molecule has 4 nitrogen and oxygen atoms in total. The Balaban J connectivity index is 1.85. The SMILES string of the molecule is CN1C2CCC1CC(n1ncc(I)c1N)C2. The maximum atomic E-state index is 6.06. The molecule has 2 aliphatic rings. The van der Waals surface area contributed by atoms with Gasteiger partial charge in [-0.25, -0.2) is 4.68 Å². The highest BCUT2D eigenvalue weighted by Crippen LogP contribution is 2.40. The fourth-order valence-electron chi connectivity index (χ4n) is 3.22. The number of halogens is 1.